The zero-order valence-electron chi connectivity index (χ0n) is 13.4. The van der Waals surface area contributed by atoms with E-state index >= 15 is 0 Å². The van der Waals surface area contributed by atoms with Crippen LogP contribution in [-0.2, 0) is 9.84 Å². The number of hydrogen-bond donors (Lipinski definition) is 0. The Labute approximate surface area is 141 Å². The average molecular weight is 339 g/mol. The Balaban J connectivity index is 1.94. The molecule has 0 N–H and O–H groups in total. The molecule has 0 spiro atoms. The van der Waals surface area contributed by atoms with Crippen LogP contribution in [0.2, 0.25) is 0 Å². The van der Waals surface area contributed by atoms with E-state index in [-0.39, 0.29) is 21.6 Å². The van der Waals surface area contributed by atoms with Crippen LogP contribution in [0.15, 0.2) is 68.9 Å². The van der Waals surface area contributed by atoms with Crippen molar-refractivity contribution >= 4 is 22.0 Å². The zero-order valence-corrected chi connectivity index (χ0v) is 14.2. The molecule has 4 nitrogen and oxygen atoms in total. The van der Waals surface area contributed by atoms with Crippen molar-refractivity contribution in [3.05, 3.63) is 77.4 Å². The summed E-state index contributed by atoms with van der Waals surface area (Å²) in [6.07, 6.45) is 3.49. The number of oxazole rings is 1. The van der Waals surface area contributed by atoms with Crippen molar-refractivity contribution in [2.45, 2.75) is 23.8 Å². The van der Waals surface area contributed by atoms with Gasteiger partial charge in [-0.2, -0.15) is 4.98 Å². The third kappa shape index (κ3) is 3.31. The van der Waals surface area contributed by atoms with E-state index < -0.39 is 9.84 Å². The average Bonchev–Trinajstić information content (AvgIpc) is 2.96. The van der Waals surface area contributed by atoms with Crippen LogP contribution in [0, 0.1) is 13.8 Å². The number of aromatic nitrogens is 1. The van der Waals surface area contributed by atoms with Gasteiger partial charge in [-0.15, -0.1) is 0 Å². The van der Waals surface area contributed by atoms with E-state index in [4.69, 9.17) is 4.42 Å². The molecule has 0 bridgehead atoms. The summed E-state index contributed by atoms with van der Waals surface area (Å²) in [6.45, 7) is 3.51. The van der Waals surface area contributed by atoms with Crippen molar-refractivity contribution in [3.63, 3.8) is 0 Å². The van der Waals surface area contributed by atoms with Crippen molar-refractivity contribution in [3.8, 4) is 0 Å². The van der Waals surface area contributed by atoms with Crippen LogP contribution in [0.3, 0.4) is 0 Å². The van der Waals surface area contributed by atoms with Gasteiger partial charge in [0.15, 0.2) is 0 Å². The van der Waals surface area contributed by atoms with Gasteiger partial charge in [0.05, 0.1) is 4.90 Å². The molecule has 0 atom stereocenters. The van der Waals surface area contributed by atoms with E-state index in [0.29, 0.717) is 0 Å². The minimum absolute atomic E-state index is 0.0425. The van der Waals surface area contributed by atoms with Crippen LogP contribution in [0.25, 0.3) is 12.2 Å². The van der Waals surface area contributed by atoms with Gasteiger partial charge in [-0.3, -0.25) is 0 Å². The molecule has 1 aromatic heterocycles. The van der Waals surface area contributed by atoms with Crippen LogP contribution < -0.4 is 0 Å². The number of aryl methyl sites for hydroxylation is 2. The summed E-state index contributed by atoms with van der Waals surface area (Å²) in [7, 11) is -3.69. The second-order valence-corrected chi connectivity index (χ2v) is 7.34. The van der Waals surface area contributed by atoms with Crippen LogP contribution >= 0.6 is 0 Å². The number of benzene rings is 2. The highest BCUT2D eigenvalue weighted by molar-refractivity contribution is 7.91. The minimum Gasteiger partial charge on any atom is -0.441 e. The first-order valence-corrected chi connectivity index (χ1v) is 8.97. The first-order chi connectivity index (χ1) is 11.5. The maximum absolute atomic E-state index is 12.7. The molecule has 0 amide bonds. The first-order valence-electron chi connectivity index (χ1n) is 7.49. The molecule has 0 saturated heterocycles. The van der Waals surface area contributed by atoms with Gasteiger partial charge in [0.1, 0.15) is 5.76 Å². The molecule has 0 fully saturated rings. The first kappa shape index (κ1) is 16.2. The Hall–Kier alpha value is -2.66. The van der Waals surface area contributed by atoms with E-state index in [9.17, 15) is 8.42 Å². The van der Waals surface area contributed by atoms with Crippen molar-refractivity contribution in [2.75, 3.05) is 0 Å². The molecular formula is C19H17NO3S. The molecule has 24 heavy (non-hydrogen) atoms. The van der Waals surface area contributed by atoms with E-state index in [0.717, 1.165) is 11.1 Å². The minimum atomic E-state index is -3.69. The van der Waals surface area contributed by atoms with Gasteiger partial charge >= 0.3 is 0 Å². The summed E-state index contributed by atoms with van der Waals surface area (Å²) in [5.74, 6) is 0.547. The van der Waals surface area contributed by atoms with Crippen molar-refractivity contribution in [1.82, 2.24) is 4.98 Å². The fourth-order valence-electron chi connectivity index (χ4n) is 2.28. The normalized spacial score (nSPS) is 11.9. The Bertz CT molecular complexity index is 969. The third-order valence-corrected chi connectivity index (χ3v) is 5.35. The number of hydrogen-bond acceptors (Lipinski definition) is 4. The summed E-state index contributed by atoms with van der Waals surface area (Å²) in [6, 6.07) is 16.3. The smallest absolute Gasteiger partial charge is 0.227 e. The Morgan fingerprint density at radius 2 is 1.58 bits per heavy atom. The molecule has 1 heterocycles. The van der Waals surface area contributed by atoms with Gasteiger partial charge in [-0.25, -0.2) is 8.42 Å². The monoisotopic (exact) mass is 339 g/mol. The largest absolute Gasteiger partial charge is 0.441 e. The van der Waals surface area contributed by atoms with E-state index in [1.54, 1.807) is 37.3 Å². The van der Waals surface area contributed by atoms with Gasteiger partial charge in [-0.05, 0) is 37.6 Å². The highest BCUT2D eigenvalue weighted by atomic mass is 32.2. The SMILES string of the molecule is Cc1ccc(S(=O)(=O)c2nc(/C=C/c3ccccc3)oc2C)cc1. The highest BCUT2D eigenvalue weighted by Crippen LogP contribution is 2.24. The van der Waals surface area contributed by atoms with Gasteiger partial charge in [0.2, 0.25) is 20.8 Å². The molecule has 2 aromatic carbocycles. The lowest BCUT2D eigenvalue weighted by Gasteiger charge is -2.01. The third-order valence-electron chi connectivity index (χ3n) is 3.57. The standard InChI is InChI=1S/C19H17NO3S/c1-14-8-11-17(12-9-14)24(21,22)19-15(2)23-18(20-19)13-10-16-6-4-3-5-7-16/h3-13H,1-2H3/b13-10+. The molecule has 3 aromatic rings. The summed E-state index contributed by atoms with van der Waals surface area (Å²) < 4.78 is 30.9. The molecule has 0 saturated carbocycles. The molecule has 0 aliphatic carbocycles. The highest BCUT2D eigenvalue weighted by Gasteiger charge is 2.25. The molecule has 3 rings (SSSR count). The lowest BCUT2D eigenvalue weighted by Crippen LogP contribution is -2.04. The predicted molar refractivity (Wildman–Crippen MR) is 93.2 cm³/mol. The number of rotatable bonds is 4. The molecule has 0 radical (unpaired) electrons. The molecular weight excluding hydrogens is 322 g/mol. The Morgan fingerprint density at radius 1 is 0.917 bits per heavy atom. The Morgan fingerprint density at radius 3 is 2.25 bits per heavy atom. The van der Waals surface area contributed by atoms with Gasteiger partial charge in [0, 0.05) is 6.08 Å². The summed E-state index contributed by atoms with van der Waals surface area (Å²) in [5.41, 5.74) is 1.98. The van der Waals surface area contributed by atoms with Crippen LogP contribution in [0.1, 0.15) is 22.8 Å². The lowest BCUT2D eigenvalue weighted by molar-refractivity contribution is 0.511. The summed E-state index contributed by atoms with van der Waals surface area (Å²) in [4.78, 5) is 4.37. The maximum atomic E-state index is 12.7. The van der Waals surface area contributed by atoms with Crippen molar-refractivity contribution in [1.29, 1.82) is 0 Å². The quantitative estimate of drug-likeness (QED) is 0.711. The van der Waals surface area contributed by atoms with E-state index in [1.165, 1.54) is 0 Å². The molecule has 122 valence electrons. The van der Waals surface area contributed by atoms with Crippen molar-refractivity contribution < 1.29 is 12.8 Å². The van der Waals surface area contributed by atoms with Gasteiger partial charge in [-0.1, -0.05) is 48.0 Å². The zero-order chi connectivity index (χ0) is 17.2. The predicted octanol–water partition coefficient (Wildman–Crippen LogP) is 4.29. The lowest BCUT2D eigenvalue weighted by atomic mass is 10.2. The molecule has 0 aliphatic rings. The number of sulfone groups is 1. The van der Waals surface area contributed by atoms with Crippen molar-refractivity contribution in [2.24, 2.45) is 0 Å². The molecule has 5 heteroatoms. The maximum Gasteiger partial charge on any atom is 0.227 e. The van der Waals surface area contributed by atoms with Gasteiger partial charge < -0.3 is 4.42 Å². The van der Waals surface area contributed by atoms with E-state index in [1.807, 2.05) is 43.3 Å². The topological polar surface area (TPSA) is 60.2 Å². The fourth-order valence-corrected chi connectivity index (χ4v) is 3.63. The van der Waals surface area contributed by atoms with Gasteiger partial charge in [0.25, 0.3) is 0 Å². The fraction of sp³-hybridized carbons (Fsp3) is 0.105. The van der Waals surface area contributed by atoms with E-state index in [2.05, 4.69) is 4.98 Å². The van der Waals surface area contributed by atoms with Crippen LogP contribution in [-0.4, -0.2) is 13.4 Å². The second kappa shape index (κ2) is 6.45. The summed E-state index contributed by atoms with van der Waals surface area (Å²) in [5, 5.41) is -0.0425. The molecule has 0 unspecified atom stereocenters. The second-order valence-electron chi connectivity index (χ2n) is 5.47. The summed E-state index contributed by atoms with van der Waals surface area (Å²) >= 11 is 0. The molecule has 0 aliphatic heterocycles. The Kier molecular flexibility index (Phi) is 4.36. The van der Waals surface area contributed by atoms with Crippen LogP contribution in [0.4, 0.5) is 0 Å². The number of nitrogens with zero attached hydrogens (tertiary/aromatic N) is 1. The van der Waals surface area contributed by atoms with Crippen LogP contribution in [0.5, 0.6) is 0 Å².